The van der Waals surface area contributed by atoms with Crippen LogP contribution >= 0.6 is 147 Å². The number of aliphatic hydroxyl groups is 4. The average molecular weight is 2290 g/mol. The number of ether oxygens (including phenoxy) is 3. The predicted octanol–water partition coefficient (Wildman–Crippen LogP) is 19.8. The number of carbonyl (C=O) groups is 10. The Hall–Kier alpha value is -12.5. The van der Waals surface area contributed by atoms with Crippen LogP contribution in [0.5, 0.6) is 17.2 Å². The first-order valence-electron chi connectivity index (χ1n) is 44.4. The summed E-state index contributed by atoms with van der Waals surface area (Å²) >= 11 is 50.6. The quantitative estimate of drug-likeness (QED) is 0.0199. The monoisotopic (exact) mass is 2290 g/mol. The summed E-state index contributed by atoms with van der Waals surface area (Å²) < 4.78 is 37.9. The van der Waals surface area contributed by atoms with Crippen molar-refractivity contribution in [1.82, 2.24) is 49.4 Å². The molecule has 0 aliphatic rings. The number of nitrogens with one attached hydrogen (secondary N) is 5. The van der Waals surface area contributed by atoms with Crippen LogP contribution in [0.4, 0.5) is 4.39 Å². The van der Waals surface area contributed by atoms with Crippen LogP contribution in [-0.4, -0.2) is 183 Å². The Bertz CT molecular complexity index is 7470. The van der Waals surface area contributed by atoms with Gasteiger partial charge in [0.25, 0.3) is 29.5 Å². The van der Waals surface area contributed by atoms with Crippen LogP contribution in [0.3, 0.4) is 0 Å². The van der Waals surface area contributed by atoms with Gasteiger partial charge in [-0.1, -0.05) is 153 Å². The normalized spacial score (nSPS) is 11.8. The number of fused-ring (bicyclic) bond motifs is 5. The molecule has 0 aliphatic carbocycles. The number of amides is 5. The molecule has 5 amide bonds. The number of carbonyl (C=O) groups excluding carboxylic acids is 5. The van der Waals surface area contributed by atoms with E-state index in [9.17, 15) is 72.8 Å². The Morgan fingerprint density at radius 2 is 0.600 bits per heavy atom. The fraction of sp³-hybridized carbons (Fsp3) is 0.238. The number of nitrogens with zero attached hydrogens (tertiary/aromatic N) is 5. The highest BCUT2D eigenvalue weighted by Gasteiger charge is 2.31. The number of hydrogen-bond acceptors (Lipinski definition) is 17. The number of benzene rings is 10. The second kappa shape index (κ2) is 54.5. The Morgan fingerprint density at radius 3 is 0.913 bits per heavy atom. The summed E-state index contributed by atoms with van der Waals surface area (Å²) in [5, 5.41) is 105. The Kier molecular flexibility index (Phi) is 45.2. The maximum absolute atomic E-state index is 13.5. The number of carboxylic acid groups (broad SMARTS) is 5. The molecular formula is C105H109Cl8FN10O22S4. The van der Waals surface area contributed by atoms with Gasteiger partial charge < -0.3 is 110 Å². The maximum atomic E-state index is 13.5. The van der Waals surface area contributed by atoms with Crippen LogP contribution in [0.2, 0.25) is 40.2 Å². The summed E-state index contributed by atoms with van der Waals surface area (Å²) in [5.74, 6) is -5.63. The van der Waals surface area contributed by atoms with Gasteiger partial charge in [-0.05, 0) is 199 Å². The van der Waals surface area contributed by atoms with Crippen molar-refractivity contribution in [2.45, 2.75) is 77.7 Å². The van der Waals surface area contributed by atoms with E-state index in [-0.39, 0.29) is 142 Å². The van der Waals surface area contributed by atoms with Crippen LogP contribution in [0.25, 0.3) is 54.5 Å². The number of halogens is 9. The van der Waals surface area contributed by atoms with Gasteiger partial charge in [0.05, 0.1) is 149 Å². The average Bonchev–Trinajstić information content (AvgIpc) is 1.69. The SMILES string of the molecule is COc1cc2c(cc(C(=O)N[C@H](CO)c3ccc(C(=O)O)cc3C)n2C)c(Cl)c1C.COc1cc2c(cc(C(=O)N[C@H](CO)c3ccc(C(=O)O)cc3C)n2C)c(Cl)c1Cl.COc1ccc2c(cc(C(=O)N[C@H](CO)c3ccc(CC(=O)O)cc3Cl)n2C)c1Cl.Cc1ccc2c(cc(C(=O)NC(CF)c3ccc(C(=O)O)cc3)n2C)c1Cl.Cc1ccc2c(cc(C(=O)N[C@H](CO)c3ccc(CC(=O)O)cc3Cl)n2C)c1Cl.S.S.S.S. The fourth-order valence-electron chi connectivity index (χ4n) is 16.6. The van der Waals surface area contributed by atoms with E-state index in [0.29, 0.717) is 132 Å². The molecule has 150 heavy (non-hydrogen) atoms. The second-order valence-electron chi connectivity index (χ2n) is 33.9. The van der Waals surface area contributed by atoms with E-state index in [1.165, 1.54) is 74.9 Å². The van der Waals surface area contributed by atoms with Crippen molar-refractivity contribution >= 4 is 261 Å². The molecule has 14 N–H and O–H groups in total. The minimum Gasteiger partial charge on any atom is -0.496 e. The molecule has 10 aromatic carbocycles. The highest BCUT2D eigenvalue weighted by molar-refractivity contribution is 7.59. The molecule has 798 valence electrons. The van der Waals surface area contributed by atoms with Gasteiger partial charge in [-0.3, -0.25) is 33.6 Å². The molecule has 0 saturated heterocycles. The molecule has 45 heteroatoms. The molecular weight excluding hydrogens is 2180 g/mol. The zero-order chi connectivity index (χ0) is 107. The van der Waals surface area contributed by atoms with Crippen molar-refractivity contribution in [2.75, 3.05) is 54.4 Å². The van der Waals surface area contributed by atoms with Crippen molar-refractivity contribution in [3.8, 4) is 17.2 Å². The summed E-state index contributed by atoms with van der Waals surface area (Å²) in [4.78, 5) is 119. The standard InChI is InChI=1S/C22H23ClN2O5.2C21H20Cl2N2O5.C21H20Cl2N2O4.C20H18ClFN2O3.4H2S/c1-11-7-13(22(28)29)5-6-14(11)16(10-26)24-21(27)18-8-15-17(25(18)3)9-19(30-4)12(2)20(15)23;1-10-6-11(21(28)29)4-5-12(10)14(9-26)24-20(27)16-7-13-15(25(16)2)8-17(30-3)19(23)18(13)22;1-25-16-5-6-18(30-2)20(23)13(16)9-17(25)21(29)24-15(10-26)12-4-3-11(7-14(12)22)8-19(27)28;1-11-3-6-17-14(20(11)23)9-18(25(17)2)21(29)24-16(10-26)13-5-4-12(7-15(13)22)8-19(27)28;1-11-3-8-16-14(18(11)21)9-17(24(16)2)19(25)23-15(10-22)12-4-6-13(7-5-12)20(26)27;;;;/h5-9,16,26H,10H2,1-4H3,(H,24,27)(H,28,29);4-8,14,26H,9H2,1-3H3,(H,24,27)(H,28,29);3-7,9,15,26H,8,10H2,1-2H3,(H,24,29)(H,27,28);3-7,9,16,26H,8,10H2,1-2H3,(H,24,29)(H,27,28);3-9,15H,10H2,1-2H3,(H,23,25)(H,26,27);4*1H2/t16-;14-;15-;16-;;;;;/m1111...../s1. The van der Waals surface area contributed by atoms with Gasteiger partial charge in [0.1, 0.15) is 57.4 Å². The number of hydrogen-bond donors (Lipinski definition) is 14. The number of aromatic nitrogens is 5. The van der Waals surface area contributed by atoms with E-state index < -0.39 is 84.5 Å². The lowest BCUT2D eigenvalue weighted by Gasteiger charge is -2.19. The first kappa shape index (κ1) is 124. The molecule has 15 rings (SSSR count). The largest absolute Gasteiger partial charge is 0.496 e. The molecule has 15 aromatic rings. The van der Waals surface area contributed by atoms with Gasteiger partial charge in [0, 0.05) is 101 Å². The van der Waals surface area contributed by atoms with Gasteiger partial charge >= 0.3 is 29.8 Å². The van der Waals surface area contributed by atoms with Gasteiger partial charge in [-0.15, -0.1) is 0 Å². The van der Waals surface area contributed by atoms with Gasteiger partial charge in [0.15, 0.2) is 0 Å². The van der Waals surface area contributed by atoms with Gasteiger partial charge in [0.2, 0.25) is 0 Å². The lowest BCUT2D eigenvalue weighted by Crippen LogP contribution is -2.32. The molecule has 0 radical (unpaired) electrons. The Labute approximate surface area is 927 Å². The molecule has 5 heterocycles. The lowest BCUT2D eigenvalue weighted by molar-refractivity contribution is -0.137. The number of aliphatic hydroxyl groups excluding tert-OH is 4. The number of aryl methyl sites for hydroxylation is 9. The molecule has 0 saturated carbocycles. The fourth-order valence-corrected chi connectivity index (χ4v) is 18.7. The number of carboxylic acids is 5. The smallest absolute Gasteiger partial charge is 0.335 e. The first-order valence-corrected chi connectivity index (χ1v) is 47.4. The molecule has 0 aliphatic heterocycles. The van der Waals surface area contributed by atoms with E-state index >= 15 is 0 Å². The zero-order valence-electron chi connectivity index (χ0n) is 82.5. The molecule has 5 atom stereocenters. The molecule has 1 unspecified atom stereocenters. The lowest BCUT2D eigenvalue weighted by atomic mass is 9.99. The van der Waals surface area contributed by atoms with Crippen LogP contribution < -0.4 is 40.8 Å². The van der Waals surface area contributed by atoms with Crippen LogP contribution in [0.1, 0.15) is 180 Å². The minimum absolute atomic E-state index is 0. The third kappa shape index (κ3) is 27.9. The molecule has 0 bridgehead atoms. The summed E-state index contributed by atoms with van der Waals surface area (Å²) in [6.45, 7) is 6.82. The van der Waals surface area contributed by atoms with Gasteiger partial charge in [-0.2, -0.15) is 54.0 Å². The Morgan fingerprint density at radius 1 is 0.307 bits per heavy atom. The summed E-state index contributed by atoms with van der Waals surface area (Å²) in [6.07, 6.45) is -0.331. The van der Waals surface area contributed by atoms with Crippen LogP contribution in [0.15, 0.2) is 176 Å². The summed E-state index contributed by atoms with van der Waals surface area (Å²) in [7, 11) is 13.3. The van der Waals surface area contributed by atoms with E-state index in [0.717, 1.165) is 54.9 Å². The third-order valence-electron chi connectivity index (χ3n) is 24.7. The van der Waals surface area contributed by atoms with E-state index in [1.807, 2.05) is 51.1 Å². The molecule has 32 nitrogen and oxygen atoms in total. The first-order chi connectivity index (χ1) is 69.2. The number of rotatable bonds is 30. The van der Waals surface area contributed by atoms with Crippen molar-refractivity contribution in [3.05, 3.63) is 328 Å². The summed E-state index contributed by atoms with van der Waals surface area (Å²) in [6, 6.07) is 43.5. The summed E-state index contributed by atoms with van der Waals surface area (Å²) in [5.41, 5.74) is 13.7. The van der Waals surface area contributed by atoms with E-state index in [4.69, 9.17) is 133 Å². The zero-order valence-corrected chi connectivity index (χ0v) is 92.6. The highest BCUT2D eigenvalue weighted by atomic mass is 35.5. The number of methoxy groups -OCH3 is 3. The topological polar surface area (TPSA) is 465 Å². The second-order valence-corrected chi connectivity index (χ2v) is 36.9. The van der Waals surface area contributed by atoms with Crippen molar-refractivity contribution < 1.29 is 113 Å². The Balaban J connectivity index is 0.000000252. The number of alkyl halides is 1. The molecule has 5 aromatic heterocycles. The van der Waals surface area contributed by atoms with E-state index in [2.05, 4.69) is 26.6 Å². The highest BCUT2D eigenvalue weighted by Crippen LogP contribution is 2.43. The minimum atomic E-state index is -1.06. The van der Waals surface area contributed by atoms with Crippen LogP contribution in [0, 0.1) is 34.6 Å². The third-order valence-corrected chi connectivity index (χ3v) is 28.1. The van der Waals surface area contributed by atoms with Crippen molar-refractivity contribution in [2.24, 2.45) is 35.2 Å². The van der Waals surface area contributed by atoms with Gasteiger partial charge in [-0.25, -0.2) is 18.8 Å². The van der Waals surface area contributed by atoms with Crippen molar-refractivity contribution in [1.29, 1.82) is 0 Å². The van der Waals surface area contributed by atoms with E-state index in [1.54, 1.807) is 164 Å². The number of aliphatic carboxylic acids is 2. The predicted molar refractivity (Wildman–Crippen MR) is 601 cm³/mol. The molecule has 0 fully saturated rings. The molecule has 0 spiro atoms. The van der Waals surface area contributed by atoms with Crippen LogP contribution in [-0.2, 0) is 57.7 Å². The number of aromatic carboxylic acids is 3. The van der Waals surface area contributed by atoms with Crippen molar-refractivity contribution in [3.63, 3.8) is 0 Å². The maximum Gasteiger partial charge on any atom is 0.335 e.